The lowest BCUT2D eigenvalue weighted by Crippen LogP contribution is -2.49. The molecule has 152 valence electrons. The number of piperazine rings is 2. The Balaban J connectivity index is 0.000000443. The van der Waals surface area contributed by atoms with Gasteiger partial charge >= 0.3 is 0 Å². The maximum atomic E-state index is 5.50. The lowest BCUT2D eigenvalue weighted by molar-refractivity contribution is 0.111. The summed E-state index contributed by atoms with van der Waals surface area (Å²) in [4.78, 5) is 7.47. The summed E-state index contributed by atoms with van der Waals surface area (Å²) in [5, 5.41) is 6.78. The molecule has 0 spiro atoms. The molecule has 0 radical (unpaired) electrons. The van der Waals surface area contributed by atoms with Crippen molar-refractivity contribution in [1.29, 1.82) is 0 Å². The van der Waals surface area contributed by atoms with Crippen molar-refractivity contribution in [3.05, 3.63) is 0 Å². The number of nitrogens with one attached hydrogen (secondary N) is 2. The highest BCUT2D eigenvalue weighted by atomic mass is 15.3. The maximum Gasteiger partial charge on any atom is 0.0113 e. The van der Waals surface area contributed by atoms with Crippen LogP contribution in [0.5, 0.6) is 0 Å². The van der Waals surface area contributed by atoms with Crippen LogP contribution in [0.3, 0.4) is 0 Å². The van der Waals surface area contributed by atoms with Crippen LogP contribution in [0.25, 0.3) is 0 Å². The van der Waals surface area contributed by atoms with Crippen LogP contribution >= 0.6 is 0 Å². The predicted molar refractivity (Wildman–Crippen MR) is 111 cm³/mol. The minimum absolute atomic E-state index is 0. The monoisotopic (exact) mass is 358 g/mol. The van der Waals surface area contributed by atoms with Crippen LogP contribution in [-0.4, -0.2) is 105 Å². The SMILES string of the molecule is C.CC(C)N1CCN(CCN)CC1.CC(C)NCCN1CCNCC1. The first kappa shape index (κ1) is 24.8. The van der Waals surface area contributed by atoms with Crippen molar-refractivity contribution in [2.75, 3.05) is 78.5 Å². The summed E-state index contributed by atoms with van der Waals surface area (Å²) in [5.41, 5.74) is 5.50. The Kier molecular flexibility index (Phi) is 14.7. The van der Waals surface area contributed by atoms with Crippen molar-refractivity contribution in [2.24, 2.45) is 5.73 Å². The smallest absolute Gasteiger partial charge is 0.0113 e. The van der Waals surface area contributed by atoms with E-state index in [0.717, 1.165) is 32.7 Å². The highest BCUT2D eigenvalue weighted by molar-refractivity contribution is 4.74. The molecule has 4 N–H and O–H groups in total. The molecule has 0 aromatic heterocycles. The van der Waals surface area contributed by atoms with Gasteiger partial charge in [0.1, 0.15) is 0 Å². The van der Waals surface area contributed by atoms with Crippen LogP contribution in [0.4, 0.5) is 0 Å². The van der Waals surface area contributed by atoms with Gasteiger partial charge in [0.05, 0.1) is 0 Å². The summed E-state index contributed by atoms with van der Waals surface area (Å²) >= 11 is 0. The van der Waals surface area contributed by atoms with E-state index < -0.39 is 0 Å². The van der Waals surface area contributed by atoms with Crippen molar-refractivity contribution in [3.8, 4) is 0 Å². The van der Waals surface area contributed by atoms with E-state index in [1.54, 1.807) is 0 Å². The molecule has 0 aliphatic carbocycles. The fourth-order valence-electron chi connectivity index (χ4n) is 3.13. The van der Waals surface area contributed by atoms with Crippen LogP contribution in [0.2, 0.25) is 0 Å². The zero-order valence-corrected chi connectivity index (χ0v) is 16.6. The normalized spacial score (nSPS) is 20.3. The van der Waals surface area contributed by atoms with E-state index in [4.69, 9.17) is 5.73 Å². The summed E-state index contributed by atoms with van der Waals surface area (Å²) in [5.74, 6) is 0. The van der Waals surface area contributed by atoms with Gasteiger partial charge in [-0.3, -0.25) is 14.7 Å². The average molecular weight is 359 g/mol. The van der Waals surface area contributed by atoms with Crippen LogP contribution in [0.15, 0.2) is 0 Å². The van der Waals surface area contributed by atoms with E-state index in [0.29, 0.717) is 12.1 Å². The number of rotatable bonds is 7. The molecule has 2 heterocycles. The Morgan fingerprint density at radius 2 is 1.44 bits per heavy atom. The molecule has 0 saturated carbocycles. The first-order valence-corrected chi connectivity index (χ1v) is 9.86. The molecule has 2 saturated heterocycles. The number of nitrogens with two attached hydrogens (primary N) is 1. The van der Waals surface area contributed by atoms with E-state index in [1.807, 2.05) is 0 Å². The van der Waals surface area contributed by atoms with Gasteiger partial charge in [0.2, 0.25) is 0 Å². The predicted octanol–water partition coefficient (Wildman–Crippen LogP) is 0.497. The zero-order chi connectivity index (χ0) is 17.8. The molecule has 6 heteroatoms. The molecular formula is C19H46N6. The molecule has 0 unspecified atom stereocenters. The van der Waals surface area contributed by atoms with Gasteiger partial charge in [-0.15, -0.1) is 0 Å². The minimum Gasteiger partial charge on any atom is -0.329 e. The maximum absolute atomic E-state index is 5.50. The molecule has 0 bridgehead atoms. The van der Waals surface area contributed by atoms with E-state index in [9.17, 15) is 0 Å². The van der Waals surface area contributed by atoms with Gasteiger partial charge in [0, 0.05) is 90.6 Å². The van der Waals surface area contributed by atoms with E-state index in [1.165, 1.54) is 45.8 Å². The fraction of sp³-hybridized carbons (Fsp3) is 1.00. The fourth-order valence-corrected chi connectivity index (χ4v) is 3.13. The second kappa shape index (κ2) is 14.9. The lowest BCUT2D eigenvalue weighted by atomic mass is 10.2. The summed E-state index contributed by atoms with van der Waals surface area (Å²) in [6.45, 7) is 22.6. The van der Waals surface area contributed by atoms with Gasteiger partial charge in [-0.05, 0) is 13.8 Å². The average Bonchev–Trinajstić information content (AvgIpc) is 2.57. The number of hydrogen-bond acceptors (Lipinski definition) is 6. The highest BCUT2D eigenvalue weighted by Crippen LogP contribution is 2.04. The van der Waals surface area contributed by atoms with E-state index >= 15 is 0 Å². The molecule has 2 aliphatic heterocycles. The largest absolute Gasteiger partial charge is 0.329 e. The molecule has 6 nitrogen and oxygen atoms in total. The van der Waals surface area contributed by atoms with Gasteiger partial charge in [0.15, 0.2) is 0 Å². The topological polar surface area (TPSA) is 59.8 Å². The number of nitrogens with zero attached hydrogens (tertiary/aromatic N) is 3. The van der Waals surface area contributed by atoms with Crippen molar-refractivity contribution in [2.45, 2.75) is 47.2 Å². The van der Waals surface area contributed by atoms with Gasteiger partial charge in [0.25, 0.3) is 0 Å². The molecule has 2 aliphatic rings. The summed E-state index contributed by atoms with van der Waals surface area (Å²) in [7, 11) is 0. The lowest BCUT2D eigenvalue weighted by Gasteiger charge is -2.36. The molecule has 0 atom stereocenters. The third-order valence-corrected chi connectivity index (χ3v) is 4.77. The molecule has 25 heavy (non-hydrogen) atoms. The second-order valence-corrected chi connectivity index (χ2v) is 7.46. The molecule has 2 fully saturated rings. The Morgan fingerprint density at radius 1 is 0.880 bits per heavy atom. The van der Waals surface area contributed by atoms with Gasteiger partial charge in [-0.2, -0.15) is 0 Å². The van der Waals surface area contributed by atoms with Crippen molar-refractivity contribution < 1.29 is 0 Å². The Bertz CT molecular complexity index is 280. The van der Waals surface area contributed by atoms with Crippen molar-refractivity contribution >= 4 is 0 Å². The highest BCUT2D eigenvalue weighted by Gasteiger charge is 2.17. The Labute approximate surface area is 157 Å². The van der Waals surface area contributed by atoms with Crippen LogP contribution in [0, 0.1) is 0 Å². The van der Waals surface area contributed by atoms with Gasteiger partial charge in [-0.25, -0.2) is 0 Å². The van der Waals surface area contributed by atoms with Gasteiger partial charge in [-0.1, -0.05) is 21.3 Å². The van der Waals surface area contributed by atoms with Crippen LogP contribution in [-0.2, 0) is 0 Å². The van der Waals surface area contributed by atoms with Crippen molar-refractivity contribution in [3.63, 3.8) is 0 Å². The quantitative estimate of drug-likeness (QED) is 0.616. The second-order valence-electron chi connectivity index (χ2n) is 7.46. The Morgan fingerprint density at radius 3 is 1.92 bits per heavy atom. The molecular weight excluding hydrogens is 312 g/mol. The van der Waals surface area contributed by atoms with Crippen molar-refractivity contribution in [1.82, 2.24) is 25.3 Å². The molecule has 0 aromatic carbocycles. The molecule has 0 amide bonds. The van der Waals surface area contributed by atoms with E-state index in [-0.39, 0.29) is 7.43 Å². The van der Waals surface area contributed by atoms with Crippen LogP contribution < -0.4 is 16.4 Å². The number of hydrogen-bond donors (Lipinski definition) is 3. The zero-order valence-electron chi connectivity index (χ0n) is 16.6. The standard InChI is InChI=1S/2C9H21N3.CH4/c1-9(2)11-5-8-12-6-3-10-4-7-12;1-9(2)12-7-5-11(4-3-10)6-8-12;/h9-11H,3-8H2,1-2H3;9H,3-8,10H2,1-2H3;1H4. The summed E-state index contributed by atoms with van der Waals surface area (Å²) < 4.78 is 0. The summed E-state index contributed by atoms with van der Waals surface area (Å²) in [6, 6.07) is 1.32. The first-order valence-electron chi connectivity index (χ1n) is 9.86. The first-order chi connectivity index (χ1) is 11.5. The van der Waals surface area contributed by atoms with Crippen LogP contribution in [0.1, 0.15) is 35.1 Å². The third kappa shape index (κ3) is 11.9. The van der Waals surface area contributed by atoms with Gasteiger partial charge < -0.3 is 16.4 Å². The Hall–Kier alpha value is -0.240. The molecule has 0 aromatic rings. The summed E-state index contributed by atoms with van der Waals surface area (Å²) in [6.07, 6.45) is 0. The minimum atomic E-state index is 0. The molecule has 2 rings (SSSR count). The third-order valence-electron chi connectivity index (χ3n) is 4.77. The van der Waals surface area contributed by atoms with E-state index in [2.05, 4.69) is 53.0 Å².